The number of ether oxygens (including phenoxy) is 16. The molecule has 28 heteroatoms. The van der Waals surface area contributed by atoms with Crippen LogP contribution in [0.4, 0.5) is 0 Å². The number of aliphatic hydroxyl groups is 4. The third-order valence-corrected chi connectivity index (χ3v) is 32.9. The molecule has 8 aliphatic carbocycles. The van der Waals surface area contributed by atoms with Gasteiger partial charge in [-0.05, 0) is 175 Å². The number of phenolic OH excluding ortho intramolecular Hbond substituents is 4. The molecule has 8 heterocycles. The van der Waals surface area contributed by atoms with Gasteiger partial charge in [-0.3, -0.25) is 19.6 Å². The number of rotatable bonds is 44. The van der Waals surface area contributed by atoms with Gasteiger partial charge in [-0.25, -0.2) is 0 Å². The van der Waals surface area contributed by atoms with Gasteiger partial charge in [0.1, 0.15) is 24.4 Å². The SMILES string of the molecule is C=CCN1CC[C@]23c4c5ccc(O)c4OC2C(OCCOCCOCC(COCCOCCOC2CC[C@@]4(O)C6Cc7ccc(O)c8c7[C@@]4(CCN6CC=C)[C@H]2O8)(COCCOCCO[C@H]2CC[C@@]4(O)C6Cc7ccc(O)c8c7[C@@]4(CCN6CC=C)C2O8)COCCOCCO[C@@H]2CC[C@@]4(O)C6Cc7ccc(O)c8c7[C@@]4(CCN6CC=C)[C@H]2O8)CC[C@@]3(O)C1C5. The summed E-state index contributed by atoms with van der Waals surface area (Å²) >= 11 is 0. The number of likely N-dealkylation sites (tertiary alicyclic amines) is 4. The van der Waals surface area contributed by atoms with Crippen LogP contribution >= 0.6 is 0 Å². The lowest BCUT2D eigenvalue weighted by atomic mass is 9.48. The Morgan fingerprint density at radius 3 is 0.752 bits per heavy atom. The van der Waals surface area contributed by atoms with Crippen LogP contribution in [0.3, 0.4) is 0 Å². The summed E-state index contributed by atoms with van der Waals surface area (Å²) in [6, 6.07) is 14.3. The molecule has 8 fully saturated rings. The summed E-state index contributed by atoms with van der Waals surface area (Å²) in [7, 11) is 0. The topological polar surface area (TPSA) is 322 Å². The Balaban J connectivity index is 0.483. The molecule has 28 nitrogen and oxygen atoms in total. The molecule has 4 aromatic carbocycles. The Morgan fingerprint density at radius 1 is 0.312 bits per heavy atom. The van der Waals surface area contributed by atoms with E-state index in [-0.39, 0.29) is 204 Å². The van der Waals surface area contributed by atoms with Gasteiger partial charge in [0.15, 0.2) is 46.0 Å². The Bertz CT molecular complexity index is 4100. The molecule has 0 amide bonds. The van der Waals surface area contributed by atoms with Gasteiger partial charge < -0.3 is 117 Å². The fourth-order valence-corrected chi connectivity index (χ4v) is 27.9. The minimum Gasteiger partial charge on any atom is -0.504 e. The number of hydrogen-bond acceptors (Lipinski definition) is 28. The predicted octanol–water partition coefficient (Wildman–Crippen LogP) is 6.63. The Morgan fingerprint density at radius 2 is 0.528 bits per heavy atom. The Hall–Kier alpha value is -6.56. The van der Waals surface area contributed by atoms with E-state index in [0.717, 1.165) is 70.7 Å². The molecule has 21 atom stereocenters. The van der Waals surface area contributed by atoms with Gasteiger partial charge in [-0.2, -0.15) is 0 Å². The summed E-state index contributed by atoms with van der Waals surface area (Å²) in [5.74, 6) is 2.16. The monoisotopic (exact) mass is 1730 g/mol. The predicted molar refractivity (Wildman–Crippen MR) is 457 cm³/mol. The average molecular weight is 1730 g/mol. The highest BCUT2D eigenvalue weighted by atomic mass is 16.6. The first-order valence-electron chi connectivity index (χ1n) is 46.3. The van der Waals surface area contributed by atoms with Crippen LogP contribution in [0, 0.1) is 5.41 Å². The molecule has 4 spiro atoms. The average Bonchev–Trinajstić information content (AvgIpc) is 1.56. The first-order valence-corrected chi connectivity index (χ1v) is 46.3. The van der Waals surface area contributed by atoms with Gasteiger partial charge in [0.25, 0.3) is 0 Å². The van der Waals surface area contributed by atoms with Crippen molar-refractivity contribution in [3.63, 3.8) is 0 Å². The van der Waals surface area contributed by atoms with Crippen molar-refractivity contribution in [2.75, 3.05) is 184 Å². The second kappa shape index (κ2) is 34.3. The van der Waals surface area contributed by atoms with Crippen molar-refractivity contribution >= 4 is 0 Å². The van der Waals surface area contributed by atoms with Gasteiger partial charge in [-0.1, -0.05) is 48.6 Å². The van der Waals surface area contributed by atoms with Crippen LogP contribution in [-0.4, -0.2) is 340 Å². The van der Waals surface area contributed by atoms with E-state index in [4.69, 9.17) is 75.8 Å². The van der Waals surface area contributed by atoms with E-state index in [9.17, 15) is 40.9 Å². The summed E-state index contributed by atoms with van der Waals surface area (Å²) < 4.78 is 105. The first-order chi connectivity index (χ1) is 60.8. The summed E-state index contributed by atoms with van der Waals surface area (Å²) in [6.45, 7) is 26.4. The van der Waals surface area contributed by atoms with Gasteiger partial charge >= 0.3 is 0 Å². The molecule has 0 aromatic heterocycles. The summed E-state index contributed by atoms with van der Waals surface area (Å²) in [5, 5.41) is 96.7. The van der Waals surface area contributed by atoms with Crippen molar-refractivity contribution in [3.8, 4) is 46.0 Å². The number of benzene rings is 4. The summed E-state index contributed by atoms with van der Waals surface area (Å²) in [6.07, 6.45) is 13.8. The molecule has 4 saturated carbocycles. The molecule has 16 aliphatic rings. The van der Waals surface area contributed by atoms with Gasteiger partial charge in [0.05, 0.1) is 206 Å². The second-order valence-electron chi connectivity index (χ2n) is 38.5. The quantitative estimate of drug-likeness (QED) is 0.0170. The van der Waals surface area contributed by atoms with Crippen LogP contribution < -0.4 is 18.9 Å². The Labute approximate surface area is 732 Å². The maximum Gasteiger partial charge on any atom is 0.165 e. The fourth-order valence-electron chi connectivity index (χ4n) is 27.9. The van der Waals surface area contributed by atoms with Gasteiger partial charge in [0.2, 0.25) is 0 Å². The van der Waals surface area contributed by atoms with E-state index in [0.29, 0.717) is 152 Å². The van der Waals surface area contributed by atoms with Crippen LogP contribution in [0.1, 0.15) is 122 Å². The molecule has 8 N–H and O–H groups in total. The minimum atomic E-state index is -1.08. The fraction of sp³-hybridized carbons (Fsp3) is 0.670. The lowest BCUT2D eigenvalue weighted by Crippen LogP contribution is -2.77. The number of hydrogen-bond donors (Lipinski definition) is 8. The van der Waals surface area contributed by atoms with Gasteiger partial charge in [0, 0.05) is 72.6 Å². The number of phenols is 4. The van der Waals surface area contributed by atoms with Crippen LogP contribution in [-0.2, 0) is 104 Å². The van der Waals surface area contributed by atoms with E-state index in [1.54, 1.807) is 24.3 Å². The minimum absolute atomic E-state index is 0.0771. The highest BCUT2D eigenvalue weighted by Gasteiger charge is 2.78. The van der Waals surface area contributed by atoms with Crippen molar-refractivity contribution < 1.29 is 117 Å². The maximum atomic E-state index is 12.9. The number of aromatic hydroxyl groups is 4. The molecule has 680 valence electrons. The zero-order chi connectivity index (χ0) is 85.9. The van der Waals surface area contributed by atoms with Crippen LogP contribution in [0.2, 0.25) is 0 Å². The number of piperidine rings is 4. The van der Waals surface area contributed by atoms with E-state index in [2.05, 4.69) is 45.9 Å². The maximum absolute atomic E-state index is 12.9. The van der Waals surface area contributed by atoms with Crippen molar-refractivity contribution in [3.05, 3.63) is 144 Å². The van der Waals surface area contributed by atoms with Crippen molar-refractivity contribution in [1.82, 2.24) is 19.6 Å². The third-order valence-electron chi connectivity index (χ3n) is 32.9. The lowest BCUT2D eigenvalue weighted by molar-refractivity contribution is -0.215. The molecule has 0 radical (unpaired) electrons. The largest absolute Gasteiger partial charge is 0.504 e. The highest BCUT2D eigenvalue weighted by Crippen LogP contribution is 2.71. The molecule has 4 aromatic rings. The van der Waals surface area contributed by atoms with Crippen molar-refractivity contribution in [1.29, 1.82) is 0 Å². The van der Waals surface area contributed by atoms with Crippen LogP contribution in [0.25, 0.3) is 0 Å². The summed E-state index contributed by atoms with van der Waals surface area (Å²) in [4.78, 5) is 9.36. The van der Waals surface area contributed by atoms with Crippen LogP contribution in [0.5, 0.6) is 46.0 Å². The number of nitrogens with zero attached hydrogens (tertiary/aromatic N) is 4. The molecule has 4 saturated heterocycles. The normalized spacial score (nSPS) is 36.3. The highest BCUT2D eigenvalue weighted by molar-refractivity contribution is 5.67. The molecule has 125 heavy (non-hydrogen) atoms. The lowest BCUT2D eigenvalue weighted by Gasteiger charge is -2.64. The van der Waals surface area contributed by atoms with E-state index in [1.807, 2.05) is 48.6 Å². The van der Waals surface area contributed by atoms with E-state index in [1.165, 1.54) is 0 Å². The Kier molecular flexibility index (Phi) is 23.7. The zero-order valence-electron chi connectivity index (χ0n) is 72.2. The van der Waals surface area contributed by atoms with Crippen LogP contribution in [0.15, 0.2) is 99.2 Å². The molecule has 20 rings (SSSR count). The molecule has 8 bridgehead atoms. The van der Waals surface area contributed by atoms with Gasteiger partial charge in [-0.15, -0.1) is 26.3 Å². The smallest absolute Gasteiger partial charge is 0.165 e. The molecular weight excluding hydrogens is 1610 g/mol. The van der Waals surface area contributed by atoms with Crippen molar-refractivity contribution in [2.24, 2.45) is 5.41 Å². The zero-order valence-corrected chi connectivity index (χ0v) is 72.2. The molecule has 9 unspecified atom stereocenters. The van der Waals surface area contributed by atoms with E-state index >= 15 is 0 Å². The van der Waals surface area contributed by atoms with E-state index < -0.39 is 73.9 Å². The first kappa shape index (κ1) is 86.5. The second-order valence-corrected chi connectivity index (χ2v) is 38.5. The third kappa shape index (κ3) is 13.4. The molecule has 8 aliphatic heterocycles. The standard InChI is InChI=1S/C97H128N4O24/c1-5-29-98-33-25-90-77-61-9-13-65(102)81(77)122-85(90)69(17-21-94(90,106)73(98)53-61)118-49-45-110-37-41-114-57-89(58-115-42-38-111-46-50-119-70-18-22-95(107)74-54-62-10-14-66(103)82-78(62)91(95,86(70)123-82)26-34-99(74)30-6-2,59-116-43-39-112-47-51-120-71-19-23-96(108)75-55-63-11-15-67(104)83-79(63)92(96,87(71)124-83)27-35-100(75)31-7-3)60-117-44-40-113-48-52-121-72-20-24-97(109)76-56-64-12-16-68(105)84-80(64)93(97,88(72)125-84)28-36-101(76)32-8-4/h5-16,69-76,85-88,102-109H,1-4,17-60H2/t69-,70+,71?,72?,73?,74?,75?,76?,85+,86?,87+,88?,89?,90+,91+,92+,93+,94-,95-,96-,97-/m1/s1. The molecular formula is C97H128N4O24. The van der Waals surface area contributed by atoms with Crippen molar-refractivity contribution in [2.45, 2.75) is 220 Å². The summed E-state index contributed by atoms with van der Waals surface area (Å²) in [5.41, 5.74) is -0.0549.